The summed E-state index contributed by atoms with van der Waals surface area (Å²) in [5.41, 5.74) is 0.666. The Balaban J connectivity index is 2.00. The van der Waals surface area contributed by atoms with E-state index in [1.54, 1.807) is 0 Å². The van der Waals surface area contributed by atoms with Gasteiger partial charge in [-0.1, -0.05) is 13.8 Å². The molecule has 0 aliphatic carbocycles. The molecular formula is C15H22F2N2O. The molecule has 20 heavy (non-hydrogen) atoms. The third-order valence-corrected chi connectivity index (χ3v) is 3.42. The van der Waals surface area contributed by atoms with Gasteiger partial charge in [-0.05, 0) is 17.7 Å². The number of morpholine rings is 1. The first-order valence-corrected chi connectivity index (χ1v) is 7.04. The van der Waals surface area contributed by atoms with Gasteiger partial charge in [0, 0.05) is 37.8 Å². The van der Waals surface area contributed by atoms with E-state index in [-0.39, 0.29) is 6.04 Å². The number of rotatable bonds is 5. The number of hydrogen-bond donors (Lipinski definition) is 1. The van der Waals surface area contributed by atoms with Gasteiger partial charge in [0.2, 0.25) is 0 Å². The Morgan fingerprint density at radius 3 is 2.65 bits per heavy atom. The van der Waals surface area contributed by atoms with Crippen molar-refractivity contribution in [3.63, 3.8) is 0 Å². The fourth-order valence-electron chi connectivity index (χ4n) is 2.39. The van der Waals surface area contributed by atoms with Gasteiger partial charge in [-0.2, -0.15) is 0 Å². The van der Waals surface area contributed by atoms with Crippen molar-refractivity contribution < 1.29 is 13.5 Å². The summed E-state index contributed by atoms with van der Waals surface area (Å²) in [4.78, 5) is 2.22. The average Bonchev–Trinajstić information content (AvgIpc) is 2.36. The normalized spacial score (nSPS) is 20.6. The van der Waals surface area contributed by atoms with E-state index in [0.717, 1.165) is 19.2 Å². The van der Waals surface area contributed by atoms with E-state index in [1.807, 2.05) is 0 Å². The van der Waals surface area contributed by atoms with Crippen molar-refractivity contribution in [1.82, 2.24) is 10.2 Å². The van der Waals surface area contributed by atoms with Crippen LogP contribution < -0.4 is 5.32 Å². The Labute approximate surface area is 118 Å². The Morgan fingerprint density at radius 1 is 1.30 bits per heavy atom. The van der Waals surface area contributed by atoms with Crippen LogP contribution >= 0.6 is 0 Å². The minimum atomic E-state index is -0.523. The molecule has 1 aliphatic rings. The number of halogens is 2. The van der Waals surface area contributed by atoms with Crippen LogP contribution in [-0.2, 0) is 11.3 Å². The summed E-state index contributed by atoms with van der Waals surface area (Å²) in [6.07, 6.45) is 0. The molecule has 2 rings (SSSR count). The smallest absolute Gasteiger partial charge is 0.126 e. The highest BCUT2D eigenvalue weighted by Crippen LogP contribution is 2.14. The number of hydrogen-bond acceptors (Lipinski definition) is 3. The maximum atomic E-state index is 13.2. The Morgan fingerprint density at radius 2 is 2.00 bits per heavy atom. The lowest BCUT2D eigenvalue weighted by Gasteiger charge is -2.36. The number of benzene rings is 1. The van der Waals surface area contributed by atoms with E-state index in [0.29, 0.717) is 31.4 Å². The minimum absolute atomic E-state index is 0.234. The summed E-state index contributed by atoms with van der Waals surface area (Å²) in [6.45, 7) is 7.64. The van der Waals surface area contributed by atoms with Crippen molar-refractivity contribution in [1.29, 1.82) is 0 Å². The molecule has 1 fully saturated rings. The van der Waals surface area contributed by atoms with Gasteiger partial charge in [-0.15, -0.1) is 0 Å². The molecule has 1 aromatic rings. The van der Waals surface area contributed by atoms with Gasteiger partial charge < -0.3 is 10.1 Å². The van der Waals surface area contributed by atoms with Crippen molar-refractivity contribution in [2.75, 3.05) is 26.3 Å². The molecular weight excluding hydrogens is 262 g/mol. The molecule has 5 heteroatoms. The average molecular weight is 284 g/mol. The first-order valence-electron chi connectivity index (χ1n) is 7.04. The molecule has 1 aliphatic heterocycles. The monoisotopic (exact) mass is 284 g/mol. The molecule has 1 saturated heterocycles. The van der Waals surface area contributed by atoms with Crippen molar-refractivity contribution in [3.8, 4) is 0 Å². The maximum absolute atomic E-state index is 13.2. The van der Waals surface area contributed by atoms with Crippen molar-refractivity contribution in [2.24, 2.45) is 0 Å². The van der Waals surface area contributed by atoms with Gasteiger partial charge in [0.1, 0.15) is 11.6 Å². The van der Waals surface area contributed by atoms with Crippen molar-refractivity contribution in [2.45, 2.75) is 32.5 Å². The summed E-state index contributed by atoms with van der Waals surface area (Å²) in [5.74, 6) is -1.05. The van der Waals surface area contributed by atoms with Crippen LogP contribution in [0.1, 0.15) is 19.4 Å². The molecule has 1 N–H and O–H groups in total. The van der Waals surface area contributed by atoms with Crippen LogP contribution in [0, 0.1) is 11.6 Å². The summed E-state index contributed by atoms with van der Waals surface area (Å²) < 4.78 is 32.0. The minimum Gasteiger partial charge on any atom is -0.378 e. The topological polar surface area (TPSA) is 24.5 Å². The SMILES string of the molecule is CC(C)NCC1COCCN1Cc1cc(F)cc(F)c1. The lowest BCUT2D eigenvalue weighted by atomic mass is 10.1. The molecule has 112 valence electrons. The molecule has 3 nitrogen and oxygen atoms in total. The largest absolute Gasteiger partial charge is 0.378 e. The molecule has 1 aromatic carbocycles. The Bertz CT molecular complexity index is 420. The van der Waals surface area contributed by atoms with Crippen molar-refractivity contribution in [3.05, 3.63) is 35.4 Å². The molecule has 0 amide bonds. The van der Waals surface area contributed by atoms with Crippen LogP contribution in [-0.4, -0.2) is 43.3 Å². The number of ether oxygens (including phenoxy) is 1. The fourth-order valence-corrected chi connectivity index (χ4v) is 2.39. The zero-order valence-corrected chi connectivity index (χ0v) is 12.0. The summed E-state index contributed by atoms with van der Waals surface area (Å²) >= 11 is 0. The predicted octanol–water partition coefficient (Wildman–Crippen LogP) is 2.16. The van der Waals surface area contributed by atoms with Gasteiger partial charge in [-0.25, -0.2) is 8.78 Å². The predicted molar refractivity (Wildman–Crippen MR) is 74.5 cm³/mol. The van der Waals surface area contributed by atoms with Gasteiger partial charge in [0.25, 0.3) is 0 Å². The first kappa shape index (κ1) is 15.4. The van der Waals surface area contributed by atoms with Crippen molar-refractivity contribution >= 4 is 0 Å². The van der Waals surface area contributed by atoms with Gasteiger partial charge >= 0.3 is 0 Å². The lowest BCUT2D eigenvalue weighted by molar-refractivity contribution is -0.0115. The van der Waals surface area contributed by atoms with E-state index in [1.165, 1.54) is 12.1 Å². The van der Waals surface area contributed by atoms with Crippen LogP contribution in [0.25, 0.3) is 0 Å². The standard InChI is InChI=1S/C15H22F2N2O/c1-11(2)18-8-15-10-20-4-3-19(15)9-12-5-13(16)7-14(17)6-12/h5-7,11,15,18H,3-4,8-10H2,1-2H3. The third-order valence-electron chi connectivity index (χ3n) is 3.42. The van der Waals surface area contributed by atoms with E-state index in [4.69, 9.17) is 4.74 Å². The fraction of sp³-hybridized carbons (Fsp3) is 0.600. The molecule has 0 aromatic heterocycles. The van der Waals surface area contributed by atoms with E-state index < -0.39 is 11.6 Å². The Hall–Kier alpha value is -1.04. The van der Waals surface area contributed by atoms with E-state index in [9.17, 15) is 8.78 Å². The first-order chi connectivity index (χ1) is 9.54. The van der Waals surface area contributed by atoms with Gasteiger partial charge in [-0.3, -0.25) is 4.90 Å². The Kier molecular flexibility index (Phi) is 5.46. The van der Waals surface area contributed by atoms with E-state index in [2.05, 4.69) is 24.1 Å². The second-order valence-electron chi connectivity index (χ2n) is 5.54. The highest BCUT2D eigenvalue weighted by Gasteiger charge is 2.23. The molecule has 0 spiro atoms. The second kappa shape index (κ2) is 7.11. The zero-order chi connectivity index (χ0) is 14.5. The lowest BCUT2D eigenvalue weighted by Crippen LogP contribution is -2.50. The maximum Gasteiger partial charge on any atom is 0.126 e. The second-order valence-corrected chi connectivity index (χ2v) is 5.54. The highest BCUT2D eigenvalue weighted by atomic mass is 19.1. The highest BCUT2D eigenvalue weighted by molar-refractivity contribution is 5.18. The van der Waals surface area contributed by atoms with Gasteiger partial charge in [0.05, 0.1) is 13.2 Å². The molecule has 1 atom stereocenters. The van der Waals surface area contributed by atoms with Crippen LogP contribution in [0.4, 0.5) is 8.78 Å². The van der Waals surface area contributed by atoms with Crippen LogP contribution in [0.2, 0.25) is 0 Å². The summed E-state index contributed by atoms with van der Waals surface area (Å²) in [7, 11) is 0. The summed E-state index contributed by atoms with van der Waals surface area (Å²) in [6, 6.07) is 4.33. The van der Waals surface area contributed by atoms with E-state index >= 15 is 0 Å². The zero-order valence-electron chi connectivity index (χ0n) is 12.0. The molecule has 0 bridgehead atoms. The quantitative estimate of drug-likeness (QED) is 0.897. The molecule has 0 radical (unpaired) electrons. The number of nitrogens with zero attached hydrogens (tertiary/aromatic N) is 1. The van der Waals surface area contributed by atoms with Crippen LogP contribution in [0.15, 0.2) is 18.2 Å². The summed E-state index contributed by atoms with van der Waals surface area (Å²) in [5, 5.41) is 3.38. The third kappa shape index (κ3) is 4.51. The molecule has 1 heterocycles. The molecule has 1 unspecified atom stereocenters. The number of nitrogens with one attached hydrogen (secondary N) is 1. The molecule has 0 saturated carbocycles. The van der Waals surface area contributed by atoms with Gasteiger partial charge in [0.15, 0.2) is 0 Å². The van der Waals surface area contributed by atoms with Crippen LogP contribution in [0.3, 0.4) is 0 Å². The van der Waals surface area contributed by atoms with Crippen LogP contribution in [0.5, 0.6) is 0 Å².